The van der Waals surface area contributed by atoms with Crippen molar-refractivity contribution in [2.24, 2.45) is 0 Å². The Hall–Kier alpha value is -0.280. The minimum absolute atomic E-state index is 0.394. The molecule has 1 aromatic rings. The predicted octanol–water partition coefficient (Wildman–Crippen LogP) is 3.67. The fraction of sp³-hybridized carbons (Fsp3) is 0.727. The molecule has 1 aliphatic rings. The summed E-state index contributed by atoms with van der Waals surface area (Å²) in [6.07, 6.45) is 5.63. The molecule has 0 aliphatic heterocycles. The van der Waals surface area contributed by atoms with E-state index < -0.39 is 0 Å². The molecule has 1 aliphatic carbocycles. The summed E-state index contributed by atoms with van der Waals surface area (Å²) >= 11 is 7.78. The topological polar surface area (TPSA) is 24.9 Å². The van der Waals surface area contributed by atoms with E-state index in [2.05, 4.69) is 22.6 Å². The Morgan fingerprint density at radius 2 is 2.20 bits per heavy atom. The second-order valence-electron chi connectivity index (χ2n) is 4.09. The Labute approximate surface area is 100 Å². The van der Waals surface area contributed by atoms with Gasteiger partial charge in [-0.2, -0.15) is 0 Å². The highest BCUT2D eigenvalue weighted by atomic mass is 35.5. The molecule has 1 aromatic heterocycles. The highest BCUT2D eigenvalue weighted by molar-refractivity contribution is 7.13. The third kappa shape index (κ3) is 3.08. The van der Waals surface area contributed by atoms with Gasteiger partial charge in [-0.05, 0) is 32.1 Å². The first-order valence-corrected chi connectivity index (χ1v) is 6.94. The second kappa shape index (κ2) is 5.17. The van der Waals surface area contributed by atoms with Crippen LogP contribution in [0, 0.1) is 0 Å². The Morgan fingerprint density at radius 1 is 1.47 bits per heavy atom. The van der Waals surface area contributed by atoms with Gasteiger partial charge in [0.2, 0.25) is 0 Å². The van der Waals surface area contributed by atoms with E-state index in [1.165, 1.54) is 18.5 Å². The smallest absolute Gasteiger partial charge is 0.183 e. The van der Waals surface area contributed by atoms with Crippen molar-refractivity contribution in [1.29, 1.82) is 0 Å². The normalized spacial score (nSPS) is 26.5. The molecule has 0 unspecified atom stereocenters. The van der Waals surface area contributed by atoms with Crippen molar-refractivity contribution in [3.8, 4) is 0 Å². The average Bonchev–Trinajstić information content (AvgIpc) is 2.69. The molecule has 4 heteroatoms. The molecule has 0 radical (unpaired) electrons. The van der Waals surface area contributed by atoms with E-state index in [1.54, 1.807) is 11.3 Å². The van der Waals surface area contributed by atoms with Crippen molar-refractivity contribution >= 4 is 28.1 Å². The summed E-state index contributed by atoms with van der Waals surface area (Å²) in [6, 6.07) is 0.579. The second-order valence-corrected chi connectivity index (χ2v) is 5.57. The summed E-state index contributed by atoms with van der Waals surface area (Å²) in [7, 11) is 0. The Bertz CT molecular complexity index is 305. The number of anilines is 1. The SMILES string of the molecule is CCc1csc(NC2CCC(Cl)CC2)n1. The molecular formula is C11H17ClN2S. The van der Waals surface area contributed by atoms with Crippen LogP contribution in [0.4, 0.5) is 5.13 Å². The first kappa shape index (κ1) is 11.2. The molecule has 0 atom stereocenters. The molecule has 1 heterocycles. The number of hydrogen-bond donors (Lipinski definition) is 1. The standard InChI is InChI=1S/C11H17ClN2S/c1-2-9-7-15-11(13-9)14-10-5-3-8(12)4-6-10/h7-8,10H,2-6H2,1H3,(H,13,14). The van der Waals surface area contributed by atoms with Crippen LogP contribution in [0.15, 0.2) is 5.38 Å². The molecule has 15 heavy (non-hydrogen) atoms. The minimum Gasteiger partial charge on any atom is -0.359 e. The van der Waals surface area contributed by atoms with Crippen LogP contribution in [0.25, 0.3) is 0 Å². The van der Waals surface area contributed by atoms with Crippen LogP contribution in [0.2, 0.25) is 0 Å². The zero-order valence-electron chi connectivity index (χ0n) is 9.00. The largest absolute Gasteiger partial charge is 0.359 e. The molecule has 84 valence electrons. The van der Waals surface area contributed by atoms with Gasteiger partial charge in [0.05, 0.1) is 5.69 Å². The molecule has 0 amide bonds. The van der Waals surface area contributed by atoms with Gasteiger partial charge in [-0.1, -0.05) is 6.92 Å². The lowest BCUT2D eigenvalue weighted by molar-refractivity contribution is 0.468. The van der Waals surface area contributed by atoms with Crippen molar-refractivity contribution < 1.29 is 0 Å². The van der Waals surface area contributed by atoms with Gasteiger partial charge in [0.15, 0.2) is 5.13 Å². The third-order valence-corrected chi connectivity index (χ3v) is 4.16. The van der Waals surface area contributed by atoms with Gasteiger partial charge < -0.3 is 5.32 Å². The summed E-state index contributed by atoms with van der Waals surface area (Å²) in [5.41, 5.74) is 1.19. The summed E-state index contributed by atoms with van der Waals surface area (Å²) in [6.45, 7) is 2.14. The summed E-state index contributed by atoms with van der Waals surface area (Å²) in [5, 5.41) is 7.11. The lowest BCUT2D eigenvalue weighted by atomic mass is 9.95. The molecule has 0 spiro atoms. The van der Waals surface area contributed by atoms with Crippen LogP contribution in [0.3, 0.4) is 0 Å². The Balaban J connectivity index is 1.86. The van der Waals surface area contributed by atoms with Crippen LogP contribution < -0.4 is 5.32 Å². The number of nitrogens with zero attached hydrogens (tertiary/aromatic N) is 1. The molecule has 0 aromatic carbocycles. The maximum absolute atomic E-state index is 6.07. The van der Waals surface area contributed by atoms with Gasteiger partial charge in [0.25, 0.3) is 0 Å². The van der Waals surface area contributed by atoms with Crippen LogP contribution in [-0.2, 0) is 6.42 Å². The van der Waals surface area contributed by atoms with E-state index >= 15 is 0 Å². The zero-order chi connectivity index (χ0) is 10.7. The number of alkyl halides is 1. The van der Waals surface area contributed by atoms with Gasteiger partial charge in [-0.25, -0.2) is 4.98 Å². The predicted molar refractivity (Wildman–Crippen MR) is 67.0 cm³/mol. The minimum atomic E-state index is 0.394. The van der Waals surface area contributed by atoms with Gasteiger partial charge in [-0.3, -0.25) is 0 Å². The molecule has 0 bridgehead atoms. The van der Waals surface area contributed by atoms with Gasteiger partial charge >= 0.3 is 0 Å². The Morgan fingerprint density at radius 3 is 2.80 bits per heavy atom. The number of hydrogen-bond acceptors (Lipinski definition) is 3. The summed E-state index contributed by atoms with van der Waals surface area (Å²) < 4.78 is 0. The fourth-order valence-corrected chi connectivity index (χ4v) is 3.03. The lowest BCUT2D eigenvalue weighted by Gasteiger charge is -2.25. The lowest BCUT2D eigenvalue weighted by Crippen LogP contribution is -2.26. The van der Waals surface area contributed by atoms with Crippen molar-refractivity contribution in [2.75, 3.05) is 5.32 Å². The first-order valence-electron chi connectivity index (χ1n) is 5.63. The number of aromatic nitrogens is 1. The highest BCUT2D eigenvalue weighted by Gasteiger charge is 2.19. The zero-order valence-corrected chi connectivity index (χ0v) is 10.6. The summed E-state index contributed by atoms with van der Waals surface area (Å²) in [5.74, 6) is 0. The van der Waals surface area contributed by atoms with Crippen LogP contribution in [0.1, 0.15) is 38.3 Å². The van der Waals surface area contributed by atoms with E-state index in [-0.39, 0.29) is 0 Å². The van der Waals surface area contributed by atoms with Crippen molar-refractivity contribution in [1.82, 2.24) is 4.98 Å². The van der Waals surface area contributed by atoms with Gasteiger partial charge in [-0.15, -0.1) is 22.9 Å². The molecule has 0 saturated heterocycles. The van der Waals surface area contributed by atoms with Crippen LogP contribution in [-0.4, -0.2) is 16.4 Å². The molecule has 1 fully saturated rings. The van der Waals surface area contributed by atoms with Gasteiger partial charge in [0.1, 0.15) is 0 Å². The Kier molecular flexibility index (Phi) is 3.87. The quantitative estimate of drug-likeness (QED) is 0.821. The van der Waals surface area contributed by atoms with E-state index in [0.717, 1.165) is 24.4 Å². The van der Waals surface area contributed by atoms with Crippen molar-refractivity contribution in [3.05, 3.63) is 11.1 Å². The molecular weight excluding hydrogens is 228 g/mol. The number of rotatable bonds is 3. The maximum Gasteiger partial charge on any atom is 0.183 e. The summed E-state index contributed by atoms with van der Waals surface area (Å²) in [4.78, 5) is 4.52. The monoisotopic (exact) mass is 244 g/mol. The van der Waals surface area contributed by atoms with Crippen molar-refractivity contribution in [2.45, 2.75) is 50.4 Å². The first-order chi connectivity index (χ1) is 7.28. The fourth-order valence-electron chi connectivity index (χ4n) is 1.91. The molecule has 1 N–H and O–H groups in total. The average molecular weight is 245 g/mol. The maximum atomic E-state index is 6.07. The van der Waals surface area contributed by atoms with E-state index in [1.807, 2.05) is 0 Å². The van der Waals surface area contributed by atoms with Crippen molar-refractivity contribution in [3.63, 3.8) is 0 Å². The van der Waals surface area contributed by atoms with Gasteiger partial charge in [0, 0.05) is 16.8 Å². The van der Waals surface area contributed by atoms with Crippen LogP contribution >= 0.6 is 22.9 Å². The van der Waals surface area contributed by atoms with E-state index in [4.69, 9.17) is 11.6 Å². The number of thiazole rings is 1. The number of nitrogens with one attached hydrogen (secondary N) is 1. The molecule has 2 rings (SSSR count). The number of halogens is 1. The van der Waals surface area contributed by atoms with E-state index in [0.29, 0.717) is 11.4 Å². The number of aryl methyl sites for hydroxylation is 1. The third-order valence-electron chi connectivity index (χ3n) is 2.90. The highest BCUT2D eigenvalue weighted by Crippen LogP contribution is 2.26. The molecule has 2 nitrogen and oxygen atoms in total. The molecule has 1 saturated carbocycles. The van der Waals surface area contributed by atoms with Crippen LogP contribution in [0.5, 0.6) is 0 Å². The van der Waals surface area contributed by atoms with E-state index in [9.17, 15) is 0 Å².